The van der Waals surface area contributed by atoms with Crippen LogP contribution >= 0.6 is 11.8 Å². The van der Waals surface area contributed by atoms with E-state index in [1.165, 1.54) is 11.8 Å². The topological polar surface area (TPSA) is 56.9 Å². The van der Waals surface area contributed by atoms with Gasteiger partial charge in [0, 0.05) is 11.9 Å². The highest BCUT2D eigenvalue weighted by Crippen LogP contribution is 2.17. The van der Waals surface area contributed by atoms with E-state index < -0.39 is 0 Å². The zero-order valence-corrected chi connectivity index (χ0v) is 7.21. The Balaban J connectivity index is 2.77. The minimum atomic E-state index is 0.103. The Hall–Kier alpha value is -1.05. The number of hydrogen-bond acceptors (Lipinski definition) is 4. The number of pyridine rings is 1. The van der Waals surface area contributed by atoms with Crippen molar-refractivity contribution in [2.75, 3.05) is 12.4 Å². The molecule has 0 saturated carbocycles. The fraction of sp³-hybridized carbons (Fsp3) is 0.250. The number of thioether (sulfide) groups is 1. The molecule has 4 heteroatoms. The third-order valence-electron chi connectivity index (χ3n) is 1.22. The summed E-state index contributed by atoms with van der Waals surface area (Å²) in [4.78, 5) is 4.02. The van der Waals surface area contributed by atoms with Crippen LogP contribution in [0.3, 0.4) is 0 Å². The van der Waals surface area contributed by atoms with Crippen LogP contribution < -0.4 is 0 Å². The SMILES string of the molecule is N#Cc1cccnc1SCCO. The Bertz CT molecular complexity index is 295. The van der Waals surface area contributed by atoms with Crippen LogP contribution in [-0.4, -0.2) is 22.5 Å². The maximum absolute atomic E-state index is 8.65. The molecule has 0 saturated heterocycles. The van der Waals surface area contributed by atoms with Crippen LogP contribution in [0.4, 0.5) is 0 Å². The second-order valence-corrected chi connectivity index (χ2v) is 3.12. The number of nitriles is 1. The fourth-order valence-corrected chi connectivity index (χ4v) is 1.42. The highest BCUT2D eigenvalue weighted by atomic mass is 32.2. The van der Waals surface area contributed by atoms with Crippen LogP contribution in [-0.2, 0) is 0 Å². The maximum atomic E-state index is 8.65. The van der Waals surface area contributed by atoms with Crippen molar-refractivity contribution >= 4 is 11.8 Å². The zero-order chi connectivity index (χ0) is 8.81. The van der Waals surface area contributed by atoms with Gasteiger partial charge in [-0.2, -0.15) is 5.26 Å². The molecule has 0 aromatic carbocycles. The van der Waals surface area contributed by atoms with Crippen molar-refractivity contribution in [2.24, 2.45) is 0 Å². The lowest BCUT2D eigenvalue weighted by molar-refractivity contribution is 0.322. The highest BCUT2D eigenvalue weighted by Gasteiger charge is 2.01. The molecule has 0 spiro atoms. The Labute approximate surface area is 75.1 Å². The minimum Gasteiger partial charge on any atom is -0.396 e. The summed E-state index contributed by atoms with van der Waals surface area (Å²) in [6.07, 6.45) is 1.64. The molecule has 0 amide bonds. The molecule has 0 unspecified atom stereocenters. The van der Waals surface area contributed by atoms with E-state index in [0.717, 1.165) is 0 Å². The van der Waals surface area contributed by atoms with E-state index in [9.17, 15) is 0 Å². The van der Waals surface area contributed by atoms with Gasteiger partial charge in [-0.15, -0.1) is 11.8 Å². The van der Waals surface area contributed by atoms with E-state index in [-0.39, 0.29) is 6.61 Å². The van der Waals surface area contributed by atoms with E-state index in [4.69, 9.17) is 10.4 Å². The molecule has 0 aliphatic carbocycles. The van der Waals surface area contributed by atoms with Gasteiger partial charge in [0.2, 0.25) is 0 Å². The zero-order valence-electron chi connectivity index (χ0n) is 6.40. The normalized spacial score (nSPS) is 9.33. The molecule has 1 aromatic heterocycles. The van der Waals surface area contributed by atoms with Gasteiger partial charge in [0.05, 0.1) is 12.2 Å². The number of aromatic nitrogens is 1. The van der Waals surface area contributed by atoms with E-state index >= 15 is 0 Å². The largest absolute Gasteiger partial charge is 0.396 e. The molecular weight excluding hydrogens is 172 g/mol. The summed E-state index contributed by atoms with van der Waals surface area (Å²) < 4.78 is 0. The quantitative estimate of drug-likeness (QED) is 0.706. The molecule has 0 aliphatic heterocycles. The summed E-state index contributed by atoms with van der Waals surface area (Å²) in [5.74, 6) is 0.575. The van der Waals surface area contributed by atoms with Gasteiger partial charge >= 0.3 is 0 Å². The first-order chi connectivity index (χ1) is 5.88. The molecule has 12 heavy (non-hydrogen) atoms. The van der Waals surface area contributed by atoms with Gasteiger partial charge in [0.25, 0.3) is 0 Å². The van der Waals surface area contributed by atoms with Crippen LogP contribution in [0, 0.1) is 11.3 Å². The molecule has 0 radical (unpaired) electrons. The smallest absolute Gasteiger partial charge is 0.114 e. The lowest BCUT2D eigenvalue weighted by Gasteiger charge is -1.98. The Morgan fingerprint density at radius 3 is 3.17 bits per heavy atom. The first-order valence-electron chi connectivity index (χ1n) is 3.47. The summed E-state index contributed by atoms with van der Waals surface area (Å²) >= 11 is 1.39. The van der Waals surface area contributed by atoms with E-state index in [2.05, 4.69) is 4.98 Å². The first kappa shape index (κ1) is 9.04. The van der Waals surface area contributed by atoms with Gasteiger partial charge in [-0.25, -0.2) is 4.98 Å². The van der Waals surface area contributed by atoms with E-state index in [1.54, 1.807) is 18.3 Å². The van der Waals surface area contributed by atoms with E-state index in [1.807, 2.05) is 6.07 Å². The van der Waals surface area contributed by atoms with Crippen molar-refractivity contribution in [1.29, 1.82) is 5.26 Å². The van der Waals surface area contributed by atoms with Crippen LogP contribution in [0.5, 0.6) is 0 Å². The predicted molar refractivity (Wildman–Crippen MR) is 46.8 cm³/mol. The van der Waals surface area contributed by atoms with Crippen molar-refractivity contribution in [3.8, 4) is 6.07 Å². The second kappa shape index (κ2) is 4.75. The molecular formula is C8H8N2OS. The van der Waals surface area contributed by atoms with Gasteiger partial charge in [-0.1, -0.05) is 0 Å². The molecule has 0 atom stereocenters. The van der Waals surface area contributed by atoms with Crippen molar-refractivity contribution in [3.05, 3.63) is 23.9 Å². The number of hydrogen-bond donors (Lipinski definition) is 1. The molecule has 3 nitrogen and oxygen atoms in total. The van der Waals surface area contributed by atoms with Gasteiger partial charge < -0.3 is 5.11 Å². The standard InChI is InChI=1S/C8H8N2OS/c9-6-7-2-1-3-10-8(7)12-5-4-11/h1-3,11H,4-5H2. The molecule has 1 rings (SSSR count). The van der Waals surface area contributed by atoms with E-state index in [0.29, 0.717) is 16.3 Å². The number of nitrogens with zero attached hydrogens (tertiary/aromatic N) is 2. The second-order valence-electron chi connectivity index (χ2n) is 2.04. The maximum Gasteiger partial charge on any atom is 0.114 e. The fourth-order valence-electron chi connectivity index (χ4n) is 0.733. The summed E-state index contributed by atoms with van der Waals surface area (Å²) in [5, 5.41) is 17.9. The Morgan fingerprint density at radius 1 is 1.67 bits per heavy atom. The van der Waals surface area contributed by atoms with Gasteiger partial charge in [-0.05, 0) is 12.1 Å². The number of aliphatic hydroxyl groups excluding tert-OH is 1. The summed E-state index contributed by atoms with van der Waals surface area (Å²) in [5.41, 5.74) is 0.566. The molecule has 0 fully saturated rings. The minimum absolute atomic E-state index is 0.103. The van der Waals surface area contributed by atoms with Crippen LogP contribution in [0.1, 0.15) is 5.56 Å². The average Bonchev–Trinajstić information content (AvgIpc) is 2.15. The molecule has 1 N–H and O–H groups in total. The third kappa shape index (κ3) is 2.22. The number of rotatable bonds is 3. The van der Waals surface area contributed by atoms with Crippen LogP contribution in [0.2, 0.25) is 0 Å². The van der Waals surface area contributed by atoms with Crippen LogP contribution in [0.15, 0.2) is 23.4 Å². The lowest BCUT2D eigenvalue weighted by Crippen LogP contribution is -1.90. The third-order valence-corrected chi connectivity index (χ3v) is 2.21. The molecule has 62 valence electrons. The summed E-state index contributed by atoms with van der Waals surface area (Å²) in [7, 11) is 0. The van der Waals surface area contributed by atoms with Gasteiger partial charge in [0.15, 0.2) is 0 Å². The first-order valence-corrected chi connectivity index (χ1v) is 4.46. The molecule has 0 aliphatic rings. The van der Waals surface area contributed by atoms with Crippen molar-refractivity contribution in [3.63, 3.8) is 0 Å². The Kier molecular flexibility index (Phi) is 3.58. The molecule has 0 bridgehead atoms. The van der Waals surface area contributed by atoms with Crippen molar-refractivity contribution in [2.45, 2.75) is 5.03 Å². The Morgan fingerprint density at radius 2 is 2.50 bits per heavy atom. The monoisotopic (exact) mass is 180 g/mol. The van der Waals surface area contributed by atoms with Crippen molar-refractivity contribution in [1.82, 2.24) is 4.98 Å². The van der Waals surface area contributed by atoms with Gasteiger partial charge in [-0.3, -0.25) is 0 Å². The molecule has 1 aromatic rings. The highest BCUT2D eigenvalue weighted by molar-refractivity contribution is 7.99. The molecule has 1 heterocycles. The average molecular weight is 180 g/mol. The summed E-state index contributed by atoms with van der Waals surface area (Å²) in [6, 6.07) is 5.48. The number of aliphatic hydroxyl groups is 1. The van der Waals surface area contributed by atoms with Gasteiger partial charge in [0.1, 0.15) is 11.1 Å². The summed E-state index contributed by atoms with van der Waals surface area (Å²) in [6.45, 7) is 0.103. The van der Waals surface area contributed by atoms with Crippen molar-refractivity contribution < 1.29 is 5.11 Å². The lowest BCUT2D eigenvalue weighted by atomic mass is 10.3. The van der Waals surface area contributed by atoms with Crippen LogP contribution in [0.25, 0.3) is 0 Å². The predicted octanol–water partition coefficient (Wildman–Crippen LogP) is 1.04.